The summed E-state index contributed by atoms with van der Waals surface area (Å²) in [6.07, 6.45) is 3.77. The fourth-order valence-electron chi connectivity index (χ4n) is 4.02. The normalized spacial score (nSPS) is 15.6. The lowest BCUT2D eigenvalue weighted by atomic mass is 9.95. The third kappa shape index (κ3) is 8.56. The number of nitrogens with zero attached hydrogens (tertiary/aromatic N) is 2. The summed E-state index contributed by atoms with van der Waals surface area (Å²) in [6.45, 7) is 11.8. The van der Waals surface area contributed by atoms with E-state index in [2.05, 4.69) is 41.0 Å². The first kappa shape index (κ1) is 30.1. The predicted octanol–water partition coefficient (Wildman–Crippen LogP) is 6.32. The molecule has 2 N–H and O–H groups in total. The molecule has 0 unspecified atom stereocenters. The minimum absolute atomic E-state index is 0.0132. The SMILES string of the molecule is C=CC(=O)Cc1ccccc1Nc1nc(Nc2ccc(OCCCOC3(CC)OCC(C)(C)CO3)cc2)ncc1F. The molecule has 1 aliphatic heterocycles. The Balaban J connectivity index is 1.27. The number of aromatic nitrogens is 2. The van der Waals surface area contributed by atoms with Gasteiger partial charge in [0.05, 0.1) is 32.6 Å². The van der Waals surface area contributed by atoms with Crippen LogP contribution in [0.3, 0.4) is 0 Å². The Kier molecular flexibility index (Phi) is 10.0. The molecule has 1 saturated heterocycles. The highest BCUT2D eigenvalue weighted by molar-refractivity contribution is 5.92. The molecule has 0 amide bonds. The van der Waals surface area contributed by atoms with E-state index in [0.717, 1.165) is 6.20 Å². The van der Waals surface area contributed by atoms with Crippen molar-refractivity contribution in [2.24, 2.45) is 5.41 Å². The molecule has 1 aliphatic rings. The molecule has 1 aromatic heterocycles. The molecule has 0 bridgehead atoms. The molecule has 10 heteroatoms. The first-order chi connectivity index (χ1) is 19.7. The van der Waals surface area contributed by atoms with Crippen LogP contribution in [0.5, 0.6) is 5.75 Å². The molecule has 1 fully saturated rings. The van der Waals surface area contributed by atoms with Gasteiger partial charge in [-0.1, -0.05) is 45.5 Å². The van der Waals surface area contributed by atoms with Crippen LogP contribution < -0.4 is 15.4 Å². The van der Waals surface area contributed by atoms with E-state index in [-0.39, 0.29) is 29.4 Å². The van der Waals surface area contributed by atoms with Crippen molar-refractivity contribution in [3.8, 4) is 5.75 Å². The van der Waals surface area contributed by atoms with Crippen LogP contribution in [0.15, 0.2) is 67.4 Å². The van der Waals surface area contributed by atoms with E-state index in [1.54, 1.807) is 18.2 Å². The zero-order valence-electron chi connectivity index (χ0n) is 23.7. The maximum atomic E-state index is 14.5. The summed E-state index contributed by atoms with van der Waals surface area (Å²) in [5.74, 6) is -0.845. The Morgan fingerprint density at radius 3 is 2.54 bits per heavy atom. The van der Waals surface area contributed by atoms with Crippen LogP contribution in [-0.2, 0) is 25.4 Å². The number of nitrogens with one attached hydrogen (secondary N) is 2. The fraction of sp³-hybridized carbons (Fsp3) is 0.387. The quantitative estimate of drug-likeness (QED) is 0.172. The van der Waals surface area contributed by atoms with Crippen molar-refractivity contribution in [2.75, 3.05) is 37.1 Å². The highest BCUT2D eigenvalue weighted by Gasteiger charge is 2.40. The van der Waals surface area contributed by atoms with Crippen LogP contribution in [0.4, 0.5) is 27.5 Å². The summed E-state index contributed by atoms with van der Waals surface area (Å²) in [7, 11) is 0. The summed E-state index contributed by atoms with van der Waals surface area (Å²) >= 11 is 0. The number of carbonyl (C=O) groups excluding carboxylic acids is 1. The fourth-order valence-corrected chi connectivity index (χ4v) is 4.02. The van der Waals surface area contributed by atoms with E-state index in [9.17, 15) is 9.18 Å². The first-order valence-corrected chi connectivity index (χ1v) is 13.7. The summed E-state index contributed by atoms with van der Waals surface area (Å²) in [6, 6.07) is 14.4. The Hall–Kier alpha value is -3.86. The van der Waals surface area contributed by atoms with Gasteiger partial charge in [0.2, 0.25) is 5.95 Å². The molecular weight excluding hydrogens is 527 g/mol. The molecule has 2 aromatic carbocycles. The predicted molar refractivity (Wildman–Crippen MR) is 155 cm³/mol. The number of benzene rings is 2. The van der Waals surface area contributed by atoms with Crippen LogP contribution >= 0.6 is 0 Å². The zero-order chi connectivity index (χ0) is 29.3. The van der Waals surface area contributed by atoms with Gasteiger partial charge in [-0.15, -0.1) is 0 Å². The number of anilines is 4. The Morgan fingerprint density at radius 1 is 1.10 bits per heavy atom. The average molecular weight is 565 g/mol. The van der Waals surface area contributed by atoms with Gasteiger partial charge in [0.15, 0.2) is 17.4 Å². The van der Waals surface area contributed by atoms with Crippen molar-refractivity contribution >= 4 is 28.9 Å². The van der Waals surface area contributed by atoms with E-state index in [4.69, 9.17) is 18.9 Å². The van der Waals surface area contributed by atoms with E-state index < -0.39 is 11.8 Å². The molecule has 0 spiro atoms. The molecule has 3 aromatic rings. The van der Waals surface area contributed by atoms with Crippen molar-refractivity contribution in [1.29, 1.82) is 0 Å². The monoisotopic (exact) mass is 564 g/mol. The lowest BCUT2D eigenvalue weighted by Crippen LogP contribution is -2.49. The van der Waals surface area contributed by atoms with Gasteiger partial charge >= 0.3 is 0 Å². The average Bonchev–Trinajstić information content (AvgIpc) is 2.97. The van der Waals surface area contributed by atoms with Crippen LogP contribution in [-0.4, -0.2) is 48.2 Å². The molecule has 2 heterocycles. The van der Waals surface area contributed by atoms with Crippen LogP contribution in [0.1, 0.15) is 39.2 Å². The topological polar surface area (TPSA) is 104 Å². The standard InChI is InChI=1S/C31H37FN4O5/c1-5-24(37)18-22-10-7-8-11-27(22)35-28-26(32)19-33-29(36-28)34-23-12-14-25(15-13-23)38-16-9-17-39-31(6-2)40-20-30(3,4)21-41-31/h5,7-8,10-15,19H,1,6,9,16-18,20-21H2,2-4H3,(H2,33,34,35,36). The number of halogens is 1. The number of ether oxygens (including phenoxy) is 4. The smallest absolute Gasteiger partial charge is 0.282 e. The second-order valence-corrected chi connectivity index (χ2v) is 10.5. The largest absolute Gasteiger partial charge is 0.494 e. The van der Waals surface area contributed by atoms with Gasteiger partial charge < -0.3 is 29.6 Å². The molecular formula is C31H37FN4O5. The molecule has 41 heavy (non-hydrogen) atoms. The number of hydrogen-bond acceptors (Lipinski definition) is 9. The van der Waals surface area contributed by atoms with Gasteiger partial charge in [0, 0.05) is 36.1 Å². The highest BCUT2D eigenvalue weighted by atomic mass is 19.1. The molecule has 0 saturated carbocycles. The molecule has 0 aliphatic carbocycles. The van der Waals surface area contributed by atoms with E-state index >= 15 is 0 Å². The van der Waals surface area contributed by atoms with Crippen molar-refractivity contribution in [1.82, 2.24) is 9.97 Å². The molecule has 218 valence electrons. The maximum absolute atomic E-state index is 14.5. The van der Waals surface area contributed by atoms with Crippen LogP contribution in [0.25, 0.3) is 0 Å². The number of allylic oxidation sites excluding steroid dienone is 1. The number of para-hydroxylation sites is 1. The maximum Gasteiger partial charge on any atom is 0.282 e. The van der Waals surface area contributed by atoms with Crippen molar-refractivity contribution in [3.05, 3.63) is 78.8 Å². The van der Waals surface area contributed by atoms with Gasteiger partial charge in [-0.2, -0.15) is 4.98 Å². The number of hydrogen-bond donors (Lipinski definition) is 2. The third-order valence-corrected chi connectivity index (χ3v) is 6.40. The van der Waals surface area contributed by atoms with E-state index in [1.807, 2.05) is 37.3 Å². The number of ketones is 1. The van der Waals surface area contributed by atoms with E-state index in [0.29, 0.717) is 62.0 Å². The van der Waals surface area contributed by atoms with Gasteiger partial charge in [-0.3, -0.25) is 4.79 Å². The summed E-state index contributed by atoms with van der Waals surface area (Å²) in [4.78, 5) is 20.2. The Labute approximate surface area is 240 Å². The minimum atomic E-state index is -0.978. The van der Waals surface area contributed by atoms with Gasteiger partial charge in [-0.25, -0.2) is 9.37 Å². The lowest BCUT2D eigenvalue weighted by Gasteiger charge is -2.42. The Morgan fingerprint density at radius 2 is 1.83 bits per heavy atom. The van der Waals surface area contributed by atoms with Crippen LogP contribution in [0, 0.1) is 11.2 Å². The molecule has 0 radical (unpaired) electrons. The highest BCUT2D eigenvalue weighted by Crippen LogP contribution is 2.32. The van der Waals surface area contributed by atoms with Crippen molar-refractivity contribution in [3.63, 3.8) is 0 Å². The minimum Gasteiger partial charge on any atom is -0.494 e. The van der Waals surface area contributed by atoms with Crippen molar-refractivity contribution in [2.45, 2.75) is 46.0 Å². The summed E-state index contributed by atoms with van der Waals surface area (Å²) in [5, 5.41) is 6.04. The van der Waals surface area contributed by atoms with E-state index in [1.165, 1.54) is 6.08 Å². The molecule has 0 atom stereocenters. The second-order valence-electron chi connectivity index (χ2n) is 10.5. The number of carbonyl (C=O) groups is 1. The second kappa shape index (κ2) is 13.7. The Bertz CT molecular complexity index is 1320. The van der Waals surface area contributed by atoms with Gasteiger partial charge in [0.25, 0.3) is 5.97 Å². The molecule has 4 rings (SSSR count). The van der Waals surface area contributed by atoms with Gasteiger partial charge in [-0.05, 0) is 42.0 Å². The summed E-state index contributed by atoms with van der Waals surface area (Å²) < 4.78 is 38.0. The van der Waals surface area contributed by atoms with Crippen LogP contribution in [0.2, 0.25) is 0 Å². The lowest BCUT2D eigenvalue weighted by molar-refractivity contribution is -0.418. The zero-order valence-corrected chi connectivity index (χ0v) is 23.7. The van der Waals surface area contributed by atoms with Gasteiger partial charge in [0.1, 0.15) is 5.75 Å². The number of rotatable bonds is 14. The third-order valence-electron chi connectivity index (χ3n) is 6.40. The summed E-state index contributed by atoms with van der Waals surface area (Å²) in [5.41, 5.74) is 1.96. The first-order valence-electron chi connectivity index (χ1n) is 13.7. The van der Waals surface area contributed by atoms with Crippen molar-refractivity contribution < 1.29 is 28.1 Å². The molecule has 9 nitrogen and oxygen atoms in total.